The highest BCUT2D eigenvalue weighted by Gasteiger charge is 2.26. The Balaban J connectivity index is 1.72. The lowest BCUT2D eigenvalue weighted by Gasteiger charge is -2.29. The van der Waals surface area contributed by atoms with Crippen molar-refractivity contribution in [3.63, 3.8) is 0 Å². The molecule has 1 atom stereocenters. The molecule has 0 spiro atoms. The van der Waals surface area contributed by atoms with Crippen LogP contribution in [0, 0.1) is 0 Å². The van der Waals surface area contributed by atoms with E-state index in [-0.39, 0.29) is 24.8 Å². The number of carbonyl (C=O) groups excluding carboxylic acids is 2. The molecule has 38 heavy (non-hydrogen) atoms. The van der Waals surface area contributed by atoms with Gasteiger partial charge in [0.25, 0.3) is 0 Å². The van der Waals surface area contributed by atoms with E-state index in [1.807, 2.05) is 54.6 Å². The zero-order valence-corrected chi connectivity index (χ0v) is 22.7. The summed E-state index contributed by atoms with van der Waals surface area (Å²) in [4.78, 5) is 28.3. The van der Waals surface area contributed by atoms with E-state index < -0.39 is 6.04 Å². The van der Waals surface area contributed by atoms with Crippen molar-refractivity contribution in [3.8, 4) is 23.0 Å². The summed E-state index contributed by atoms with van der Waals surface area (Å²) in [7, 11) is 6.35. The average molecular weight is 521 g/mol. The molecule has 3 aromatic carbocycles. The number of nitrogens with zero attached hydrogens (tertiary/aromatic N) is 1. The molecule has 202 valence electrons. The van der Waals surface area contributed by atoms with E-state index in [1.165, 1.54) is 0 Å². The molecule has 8 nitrogen and oxygen atoms in total. The van der Waals surface area contributed by atoms with E-state index in [0.29, 0.717) is 24.5 Å². The summed E-state index contributed by atoms with van der Waals surface area (Å²) < 4.78 is 21.1. The molecule has 0 fully saturated rings. The van der Waals surface area contributed by atoms with Crippen LogP contribution in [0.1, 0.15) is 23.6 Å². The molecule has 0 saturated heterocycles. The SMILES string of the molecule is COc1ccc(CCNC(=O)[C@H](C)N(Cc2ccc(OC)cc2)C(=O)Cc2ccc(OC)c(OC)c2)cc1. The van der Waals surface area contributed by atoms with E-state index in [9.17, 15) is 9.59 Å². The topological polar surface area (TPSA) is 86.3 Å². The lowest BCUT2D eigenvalue weighted by atomic mass is 10.1. The van der Waals surface area contributed by atoms with Crippen molar-refractivity contribution >= 4 is 11.8 Å². The molecule has 0 aliphatic carbocycles. The summed E-state index contributed by atoms with van der Waals surface area (Å²) >= 11 is 0. The smallest absolute Gasteiger partial charge is 0.242 e. The van der Waals surface area contributed by atoms with Crippen molar-refractivity contribution in [3.05, 3.63) is 83.4 Å². The summed E-state index contributed by atoms with van der Waals surface area (Å²) in [5.41, 5.74) is 2.74. The van der Waals surface area contributed by atoms with Crippen LogP contribution in [0.5, 0.6) is 23.0 Å². The second-order valence-electron chi connectivity index (χ2n) is 8.80. The molecule has 0 radical (unpaired) electrons. The van der Waals surface area contributed by atoms with Crippen LogP contribution >= 0.6 is 0 Å². The molecule has 0 unspecified atom stereocenters. The van der Waals surface area contributed by atoms with Gasteiger partial charge in [-0.25, -0.2) is 0 Å². The molecule has 2 amide bonds. The average Bonchev–Trinajstić information content (AvgIpc) is 2.95. The fourth-order valence-corrected chi connectivity index (χ4v) is 4.05. The second-order valence-corrected chi connectivity index (χ2v) is 8.80. The van der Waals surface area contributed by atoms with Crippen molar-refractivity contribution in [1.29, 1.82) is 0 Å². The number of benzene rings is 3. The van der Waals surface area contributed by atoms with Gasteiger partial charge < -0.3 is 29.2 Å². The first-order valence-electron chi connectivity index (χ1n) is 12.4. The first-order valence-corrected chi connectivity index (χ1v) is 12.4. The lowest BCUT2D eigenvalue weighted by molar-refractivity contribution is -0.140. The van der Waals surface area contributed by atoms with Gasteiger partial charge in [-0.1, -0.05) is 30.3 Å². The van der Waals surface area contributed by atoms with E-state index in [4.69, 9.17) is 18.9 Å². The van der Waals surface area contributed by atoms with Crippen molar-refractivity contribution in [1.82, 2.24) is 10.2 Å². The Morgan fingerprint density at radius 1 is 0.737 bits per heavy atom. The first kappa shape index (κ1) is 28.4. The lowest BCUT2D eigenvalue weighted by Crippen LogP contribution is -2.48. The zero-order chi connectivity index (χ0) is 27.5. The quantitative estimate of drug-likeness (QED) is 0.366. The molecule has 8 heteroatoms. The molecule has 0 bridgehead atoms. The highest BCUT2D eigenvalue weighted by atomic mass is 16.5. The van der Waals surface area contributed by atoms with Crippen LogP contribution in [0.15, 0.2) is 66.7 Å². The van der Waals surface area contributed by atoms with Crippen LogP contribution in [-0.2, 0) is 29.0 Å². The summed E-state index contributed by atoms with van der Waals surface area (Å²) in [5.74, 6) is 2.25. The molecule has 0 aliphatic heterocycles. The largest absolute Gasteiger partial charge is 0.497 e. The van der Waals surface area contributed by atoms with Gasteiger partial charge in [0.2, 0.25) is 11.8 Å². The normalized spacial score (nSPS) is 11.3. The summed E-state index contributed by atoms with van der Waals surface area (Å²) in [5, 5.41) is 2.98. The number of hydrogen-bond acceptors (Lipinski definition) is 6. The number of amides is 2. The maximum atomic E-state index is 13.5. The van der Waals surface area contributed by atoms with Gasteiger partial charge in [-0.3, -0.25) is 9.59 Å². The van der Waals surface area contributed by atoms with Crippen LogP contribution in [0.2, 0.25) is 0 Å². The molecule has 1 N–H and O–H groups in total. The van der Waals surface area contributed by atoms with Crippen LogP contribution in [0.3, 0.4) is 0 Å². The number of nitrogens with one attached hydrogen (secondary N) is 1. The fraction of sp³-hybridized carbons (Fsp3) is 0.333. The number of carbonyl (C=O) groups is 2. The molecule has 0 aromatic heterocycles. The predicted molar refractivity (Wildman–Crippen MR) is 146 cm³/mol. The molecule has 0 saturated carbocycles. The minimum atomic E-state index is -0.680. The Bertz CT molecular complexity index is 1190. The van der Waals surface area contributed by atoms with Crippen molar-refractivity contribution in [2.24, 2.45) is 0 Å². The standard InChI is InChI=1S/C30H36N2O6/c1-21(30(34)31-17-16-22-6-11-25(35-2)12-7-22)32(20-23-8-13-26(36-3)14-9-23)29(33)19-24-10-15-27(37-4)28(18-24)38-5/h6-15,18,21H,16-17,19-20H2,1-5H3,(H,31,34)/t21-/m0/s1. The van der Waals surface area contributed by atoms with Gasteiger partial charge in [0, 0.05) is 13.1 Å². The van der Waals surface area contributed by atoms with Gasteiger partial charge in [0.05, 0.1) is 34.9 Å². The van der Waals surface area contributed by atoms with E-state index >= 15 is 0 Å². The van der Waals surface area contributed by atoms with Gasteiger partial charge in [-0.05, 0) is 66.4 Å². The third kappa shape index (κ3) is 7.65. The maximum absolute atomic E-state index is 13.5. The molecular formula is C30H36N2O6. The van der Waals surface area contributed by atoms with Gasteiger partial charge >= 0.3 is 0 Å². The van der Waals surface area contributed by atoms with Crippen LogP contribution in [0.4, 0.5) is 0 Å². The van der Waals surface area contributed by atoms with Crippen LogP contribution < -0.4 is 24.3 Å². The Hall–Kier alpha value is -4.20. The van der Waals surface area contributed by atoms with Crippen LogP contribution in [0.25, 0.3) is 0 Å². The highest BCUT2D eigenvalue weighted by molar-refractivity contribution is 5.88. The Morgan fingerprint density at radius 2 is 1.29 bits per heavy atom. The Kier molecular flexibility index (Phi) is 10.4. The minimum absolute atomic E-state index is 0.111. The maximum Gasteiger partial charge on any atom is 0.242 e. The third-order valence-corrected chi connectivity index (χ3v) is 6.35. The van der Waals surface area contributed by atoms with Gasteiger partial charge in [-0.15, -0.1) is 0 Å². The number of hydrogen-bond donors (Lipinski definition) is 1. The molecule has 3 aromatic rings. The minimum Gasteiger partial charge on any atom is -0.497 e. The molecule has 0 aliphatic rings. The third-order valence-electron chi connectivity index (χ3n) is 6.35. The first-order chi connectivity index (χ1) is 18.4. The van der Waals surface area contributed by atoms with Gasteiger partial charge in [-0.2, -0.15) is 0 Å². The van der Waals surface area contributed by atoms with Crippen molar-refractivity contribution in [2.75, 3.05) is 35.0 Å². The molecule has 0 heterocycles. The molecule has 3 rings (SSSR count). The number of ether oxygens (including phenoxy) is 4. The van der Waals surface area contributed by atoms with Gasteiger partial charge in [0.1, 0.15) is 17.5 Å². The Morgan fingerprint density at radius 3 is 1.84 bits per heavy atom. The summed E-state index contributed by atoms with van der Waals surface area (Å²) in [6.07, 6.45) is 0.778. The Labute approximate surface area is 224 Å². The molecular weight excluding hydrogens is 484 g/mol. The van der Waals surface area contributed by atoms with E-state index in [2.05, 4.69) is 5.32 Å². The summed E-state index contributed by atoms with van der Waals surface area (Å²) in [6, 6.07) is 19.9. The second kappa shape index (κ2) is 13.9. The summed E-state index contributed by atoms with van der Waals surface area (Å²) in [6.45, 7) is 2.48. The fourth-order valence-electron chi connectivity index (χ4n) is 4.05. The zero-order valence-electron chi connectivity index (χ0n) is 22.7. The van der Waals surface area contributed by atoms with E-state index in [0.717, 1.165) is 28.2 Å². The van der Waals surface area contributed by atoms with Crippen molar-refractivity contribution < 1.29 is 28.5 Å². The number of rotatable bonds is 13. The monoisotopic (exact) mass is 520 g/mol. The van der Waals surface area contributed by atoms with E-state index in [1.54, 1.807) is 52.4 Å². The predicted octanol–water partition coefficient (Wildman–Crippen LogP) is 4.04. The van der Waals surface area contributed by atoms with Crippen molar-refractivity contribution in [2.45, 2.75) is 32.4 Å². The highest BCUT2D eigenvalue weighted by Crippen LogP contribution is 2.28. The van der Waals surface area contributed by atoms with Gasteiger partial charge in [0.15, 0.2) is 11.5 Å². The number of methoxy groups -OCH3 is 4. The van der Waals surface area contributed by atoms with Crippen LogP contribution in [-0.4, -0.2) is 57.7 Å².